The van der Waals surface area contributed by atoms with Gasteiger partial charge in [0.15, 0.2) is 44.0 Å². The van der Waals surface area contributed by atoms with Crippen LogP contribution < -0.4 is 11.5 Å². The largest absolute Gasteiger partial charge is 0.480 e. The summed E-state index contributed by atoms with van der Waals surface area (Å²) < 4.78 is 82.2. The second-order valence-electron chi connectivity index (χ2n) is 22.1. The van der Waals surface area contributed by atoms with Gasteiger partial charge in [0.2, 0.25) is 0 Å². The fraction of sp³-hybridized carbons (Fsp3) is 0.958. The number of thioether (sulfide) groups is 2. The minimum atomic E-state index is -2.25. The molecule has 0 aliphatic carbocycles. The zero-order valence-electron chi connectivity index (χ0n) is 46.3. The lowest BCUT2D eigenvalue weighted by Crippen LogP contribution is -2.68. The molecule has 40 heteroatoms. The smallest absolute Gasteiger partial charge is 0.321 e. The quantitative estimate of drug-likeness (QED) is 0.0724. The SMILES string of the molecule is N[C@H](CCSC1O[C@@H]2O[C@@H]3C(CO)O[C@@H](O[C@@H]4C(CO)O[C@@H](O[C@@H]5C(CSC[C@@H](N)C(=O)O)O[C@@H](O[C@H]6CC(O)[C@H](OC6CO)O[C@@H]6C(CO)O[C@H](O[C@@H]7C(CO)O[C@H](O[C@H]1[C@H](O)C2O)C(O)[C@H]7O)C(O)[C@H]6O)C(O)[C@H]5O)C(O)[C@H]4O)C(O)[C@H]3O)C(=O)O. The van der Waals surface area contributed by atoms with E-state index >= 15 is 0 Å². The predicted octanol–water partition coefficient (Wildman–Crippen LogP) is -13.5. The van der Waals surface area contributed by atoms with Crippen molar-refractivity contribution >= 4 is 35.5 Å². The maximum atomic E-state index is 11.7. The molecule has 14 unspecified atom stereocenters. The van der Waals surface area contributed by atoms with Crippen LogP contribution in [0.3, 0.4) is 0 Å². The molecule has 0 aromatic carbocycles. The molecule has 88 heavy (non-hydrogen) atoms. The minimum absolute atomic E-state index is 0.201. The molecular formula is C48H80N2O36S2. The lowest BCUT2D eigenvalue weighted by Gasteiger charge is -2.50. The Morgan fingerprint density at radius 3 is 1.06 bits per heavy atom. The Bertz CT molecular complexity index is 2190. The number of carboxylic acids is 2. The molecule has 21 fully saturated rings. The van der Waals surface area contributed by atoms with Crippen LogP contribution >= 0.6 is 23.5 Å². The molecule has 0 saturated carbocycles. The van der Waals surface area contributed by atoms with Crippen molar-refractivity contribution in [2.45, 2.75) is 233 Å². The van der Waals surface area contributed by atoms with E-state index in [1.165, 1.54) is 0 Å². The highest BCUT2D eigenvalue weighted by Gasteiger charge is 2.59. The number of carbonyl (C=O) groups is 2. The number of aliphatic carboxylic acids is 2. The number of rotatable bonds is 15. The van der Waals surface area contributed by atoms with Crippen LogP contribution in [0, 0.1) is 0 Å². The van der Waals surface area contributed by atoms with Crippen LogP contribution in [0.15, 0.2) is 0 Å². The summed E-state index contributed by atoms with van der Waals surface area (Å²) in [7, 11) is 0. The zero-order valence-corrected chi connectivity index (χ0v) is 47.9. The predicted molar refractivity (Wildman–Crippen MR) is 278 cm³/mol. The van der Waals surface area contributed by atoms with Gasteiger partial charge in [0.1, 0.15) is 164 Å². The Morgan fingerprint density at radius 2 is 0.682 bits per heavy atom. The number of carboxylic acid groups (broad SMARTS) is 2. The van der Waals surface area contributed by atoms with E-state index in [-0.39, 0.29) is 23.7 Å². The Kier molecular flexibility index (Phi) is 26.0. The van der Waals surface area contributed by atoms with Crippen molar-refractivity contribution in [1.82, 2.24) is 0 Å². The molecule has 0 aromatic heterocycles. The van der Waals surface area contributed by atoms with Crippen LogP contribution in [-0.2, 0) is 75.9 Å². The fourth-order valence-electron chi connectivity index (χ4n) is 11.0. The molecule has 24 N–H and O–H groups in total. The van der Waals surface area contributed by atoms with E-state index in [1.807, 2.05) is 0 Å². The van der Waals surface area contributed by atoms with Gasteiger partial charge in [-0.3, -0.25) is 9.59 Å². The molecule has 0 amide bonds. The molecule has 38 nitrogen and oxygen atoms in total. The average molecular weight is 1330 g/mol. The summed E-state index contributed by atoms with van der Waals surface area (Å²) in [6.07, 6.45) is -65.5. The van der Waals surface area contributed by atoms with Gasteiger partial charge < -0.3 is 180 Å². The Labute approximate surface area is 507 Å². The normalized spacial score (nSPS) is 49.7. The summed E-state index contributed by atoms with van der Waals surface area (Å²) >= 11 is 1.55. The molecule has 21 aliphatic rings. The minimum Gasteiger partial charge on any atom is -0.480 e. The highest BCUT2D eigenvalue weighted by molar-refractivity contribution is 7.99. The summed E-state index contributed by atoms with van der Waals surface area (Å²) in [5.74, 6) is -3.60. The molecule has 14 bridgehead atoms. The van der Waals surface area contributed by atoms with Crippen LogP contribution in [0.25, 0.3) is 0 Å². The number of aliphatic hydroxyl groups excluding tert-OH is 18. The standard InChI is InChI=1S/C48H80N2O36S2/c49-11(39(69)70)1-2-88-48-38-26(62)32(68)47(86-48)83-36-19(8-55)76-44(29(65)23(36)59)81-34-17(6-53)77-45(30(66)22(34)58)84-37-20(10-87-9-12(50)40(71)72)79-42(27(63)25(37)61)73-14-3-13(56)41(74-15(14)4-51)80-33-16(5-52)75-43(28(64)21(33)57)82-35-18(7-54)78-46(85-38)31(67)24(35)60/h11-38,41-48,51-68H,1-10,49-50H2,(H,69,70)(H,71,72)/t11-,12-,13?,14+,15?,16?,17?,18?,19?,20?,21-,22-,23-,24-,25-,26-,27?,28?,29?,30?,31?,32?,33-,34-,35-,36-,37-,38+,41-,42-,43-,44+,45+,46-,47+,48?/m1/s1. The van der Waals surface area contributed by atoms with Crippen LogP contribution in [0.5, 0.6) is 0 Å². The molecule has 36 atom stereocenters. The van der Waals surface area contributed by atoms with Gasteiger partial charge in [-0.1, -0.05) is 0 Å². The Morgan fingerprint density at radius 1 is 0.375 bits per heavy atom. The van der Waals surface area contributed by atoms with Crippen LogP contribution in [-0.4, -0.2) is 385 Å². The second kappa shape index (κ2) is 31.7. The van der Waals surface area contributed by atoms with Gasteiger partial charge >= 0.3 is 11.9 Å². The lowest BCUT2D eigenvalue weighted by atomic mass is 9.95. The molecule has 0 radical (unpaired) electrons. The Balaban J connectivity index is 1.10. The van der Waals surface area contributed by atoms with E-state index in [2.05, 4.69) is 0 Å². The van der Waals surface area contributed by atoms with E-state index in [0.717, 1.165) is 11.8 Å². The van der Waals surface area contributed by atoms with E-state index in [4.69, 9.17) is 77.8 Å². The topological polar surface area (TPSA) is 620 Å². The monoisotopic (exact) mass is 1320 g/mol. The number of ether oxygens (including phenoxy) is 14. The van der Waals surface area contributed by atoms with Crippen molar-refractivity contribution in [2.24, 2.45) is 11.5 Å². The van der Waals surface area contributed by atoms with E-state index in [1.54, 1.807) is 0 Å². The molecule has 21 heterocycles. The number of hydrogen-bond donors (Lipinski definition) is 22. The van der Waals surface area contributed by atoms with Crippen LogP contribution in [0.4, 0.5) is 0 Å². The third kappa shape index (κ3) is 15.8. The maximum absolute atomic E-state index is 11.7. The van der Waals surface area contributed by atoms with Crippen molar-refractivity contribution in [1.29, 1.82) is 0 Å². The molecule has 21 rings (SSSR count). The first kappa shape index (κ1) is 72.1. The van der Waals surface area contributed by atoms with Crippen molar-refractivity contribution in [3.05, 3.63) is 0 Å². The van der Waals surface area contributed by atoms with Gasteiger partial charge in [0.05, 0.1) is 45.2 Å². The molecule has 21 saturated heterocycles. The van der Waals surface area contributed by atoms with Gasteiger partial charge in [-0.05, 0) is 12.2 Å². The van der Waals surface area contributed by atoms with Gasteiger partial charge in [0.25, 0.3) is 0 Å². The molecule has 21 aliphatic heterocycles. The molecular weight excluding hydrogens is 1240 g/mol. The van der Waals surface area contributed by atoms with Crippen LogP contribution in [0.2, 0.25) is 0 Å². The van der Waals surface area contributed by atoms with E-state index < -0.39 is 272 Å². The van der Waals surface area contributed by atoms with Gasteiger partial charge in [-0.15, -0.1) is 11.8 Å². The second-order valence-corrected chi connectivity index (χ2v) is 24.4. The third-order valence-electron chi connectivity index (χ3n) is 16.1. The molecule has 0 spiro atoms. The van der Waals surface area contributed by atoms with Crippen molar-refractivity contribution < 1.29 is 178 Å². The van der Waals surface area contributed by atoms with Gasteiger partial charge in [0, 0.05) is 17.9 Å². The number of aliphatic hydroxyl groups is 18. The summed E-state index contributed by atoms with van der Waals surface area (Å²) in [4.78, 5) is 23.2. The summed E-state index contributed by atoms with van der Waals surface area (Å²) in [6, 6.07) is -2.87. The van der Waals surface area contributed by atoms with E-state index in [9.17, 15) is 112 Å². The van der Waals surface area contributed by atoms with Gasteiger partial charge in [-0.2, -0.15) is 11.8 Å². The first-order valence-electron chi connectivity index (χ1n) is 28.0. The summed E-state index contributed by atoms with van der Waals surface area (Å²) in [5, 5.41) is 221. The lowest BCUT2D eigenvalue weighted by molar-refractivity contribution is -0.391. The van der Waals surface area contributed by atoms with Crippen molar-refractivity contribution in [2.75, 3.05) is 50.3 Å². The summed E-state index contributed by atoms with van der Waals surface area (Å²) in [5.41, 5.74) is 9.81. The fourth-order valence-corrected chi connectivity index (χ4v) is 13.3. The van der Waals surface area contributed by atoms with Crippen LogP contribution in [0.1, 0.15) is 12.8 Å². The average Bonchev–Trinajstić information content (AvgIpc) is 1.98. The van der Waals surface area contributed by atoms with Crippen molar-refractivity contribution in [3.8, 4) is 0 Å². The zero-order chi connectivity index (χ0) is 64.3. The van der Waals surface area contributed by atoms with Crippen molar-refractivity contribution in [3.63, 3.8) is 0 Å². The number of nitrogens with two attached hydrogens (primary N) is 2. The highest BCUT2D eigenvalue weighted by Crippen LogP contribution is 2.40. The Hall–Kier alpha value is -1.72. The summed E-state index contributed by atoms with van der Waals surface area (Å²) in [6.45, 7) is -5.13. The first-order chi connectivity index (χ1) is 41.8. The first-order valence-corrected chi connectivity index (χ1v) is 30.2. The number of hydrogen-bond acceptors (Lipinski definition) is 38. The van der Waals surface area contributed by atoms with Gasteiger partial charge in [-0.25, -0.2) is 0 Å². The third-order valence-corrected chi connectivity index (χ3v) is 18.4. The maximum Gasteiger partial charge on any atom is 0.321 e. The van der Waals surface area contributed by atoms with E-state index in [0.29, 0.717) is 11.8 Å². The molecule has 510 valence electrons. The molecule has 0 aromatic rings. The highest BCUT2D eigenvalue weighted by atomic mass is 32.2.